The average molecular weight is 821 g/mol. The van der Waals surface area contributed by atoms with Crippen molar-refractivity contribution in [2.24, 2.45) is 5.41 Å². The molecule has 0 saturated carbocycles. The van der Waals surface area contributed by atoms with E-state index >= 15 is 0 Å². The van der Waals surface area contributed by atoms with E-state index in [-0.39, 0.29) is 17.9 Å². The summed E-state index contributed by atoms with van der Waals surface area (Å²) in [6, 6.07) is 18.3. The maximum Gasteiger partial charge on any atom is 0.266 e. The van der Waals surface area contributed by atoms with Gasteiger partial charge in [0.05, 0.1) is 22.4 Å². The lowest BCUT2D eigenvalue weighted by Gasteiger charge is -2.19. The summed E-state index contributed by atoms with van der Waals surface area (Å²) in [6.45, 7) is 6.18. The number of hydrogen-bond donors (Lipinski definition) is 3. The minimum Gasteiger partial charge on any atom is -0.351 e. The summed E-state index contributed by atoms with van der Waals surface area (Å²) in [5.74, 6) is -1.79. The van der Waals surface area contributed by atoms with E-state index in [1.165, 1.54) is 0 Å². The summed E-state index contributed by atoms with van der Waals surface area (Å²) in [7, 11) is -4.16. The Morgan fingerprint density at radius 1 is 1.00 bits per heavy atom. The van der Waals surface area contributed by atoms with E-state index < -0.39 is 27.7 Å². The zero-order chi connectivity index (χ0) is 30.4. The first kappa shape index (κ1) is 33.5. The van der Waals surface area contributed by atoms with Gasteiger partial charge in [-0.1, -0.05) is 80.9 Å². The van der Waals surface area contributed by atoms with Crippen LogP contribution in [0.25, 0.3) is 6.08 Å². The Hall–Kier alpha value is -2.00. The van der Waals surface area contributed by atoms with Crippen LogP contribution < -0.4 is 10.6 Å². The number of carbonyl (C=O) groups is 2. The first-order valence-electron chi connectivity index (χ1n) is 12.7. The van der Waals surface area contributed by atoms with Crippen molar-refractivity contribution >= 4 is 90.5 Å². The minimum atomic E-state index is -4.16. The molecule has 41 heavy (non-hydrogen) atoms. The second-order valence-corrected chi connectivity index (χ2v) is 14.9. The molecule has 0 aromatic heterocycles. The van der Waals surface area contributed by atoms with Crippen molar-refractivity contribution in [1.29, 1.82) is 0 Å². The lowest BCUT2D eigenvalue weighted by molar-refractivity contribution is -0.117. The highest BCUT2D eigenvalue weighted by molar-refractivity contribution is 14.1. The number of rotatable bonds is 10. The Morgan fingerprint density at radius 3 is 2.20 bits per heavy atom. The van der Waals surface area contributed by atoms with Gasteiger partial charge >= 0.3 is 0 Å². The number of halogens is 3. The Morgan fingerprint density at radius 2 is 1.61 bits per heavy atom. The zero-order valence-corrected chi connectivity index (χ0v) is 28.6. The SMILES string of the molecule is CC(C)(C)/C=C/c1ccc(C(Cc2ccc(C(=O)NCCS(=O)(=O)O)cc2)C(=O)Nc2cc(I)c(I)cc2Cl)cc1. The van der Waals surface area contributed by atoms with Gasteiger partial charge in [0.2, 0.25) is 5.91 Å². The molecule has 3 aromatic carbocycles. The van der Waals surface area contributed by atoms with Gasteiger partial charge in [0.25, 0.3) is 16.0 Å². The normalized spacial score (nSPS) is 12.8. The second-order valence-electron chi connectivity index (χ2n) is 10.6. The molecule has 0 saturated heterocycles. The second kappa shape index (κ2) is 14.5. The van der Waals surface area contributed by atoms with Crippen LogP contribution in [0.4, 0.5) is 5.69 Å². The Labute approximate surface area is 273 Å². The fourth-order valence-electron chi connectivity index (χ4n) is 3.81. The molecular formula is C30H31ClI2N2O5S. The third-order valence-corrected chi connectivity index (χ3v) is 9.85. The molecule has 11 heteroatoms. The van der Waals surface area contributed by atoms with Gasteiger partial charge in [0, 0.05) is 19.2 Å². The molecule has 0 spiro atoms. The number of benzene rings is 3. The van der Waals surface area contributed by atoms with Gasteiger partial charge in [0.15, 0.2) is 0 Å². The molecule has 0 aliphatic carbocycles. The number of carbonyl (C=O) groups excluding carboxylic acids is 2. The third-order valence-electron chi connectivity index (χ3n) is 6.00. The predicted molar refractivity (Wildman–Crippen MR) is 182 cm³/mol. The van der Waals surface area contributed by atoms with Gasteiger partial charge < -0.3 is 10.6 Å². The third kappa shape index (κ3) is 11.0. The quantitative estimate of drug-likeness (QED) is 0.114. The molecule has 0 bridgehead atoms. The molecule has 1 unspecified atom stereocenters. The lowest BCUT2D eigenvalue weighted by Crippen LogP contribution is -2.28. The number of amides is 2. The lowest BCUT2D eigenvalue weighted by atomic mass is 9.89. The van der Waals surface area contributed by atoms with Crippen molar-refractivity contribution in [2.45, 2.75) is 33.1 Å². The van der Waals surface area contributed by atoms with E-state index in [0.717, 1.165) is 23.8 Å². The van der Waals surface area contributed by atoms with E-state index in [2.05, 4.69) is 88.7 Å². The first-order chi connectivity index (χ1) is 19.1. The number of nitrogens with one attached hydrogen (secondary N) is 2. The molecule has 0 heterocycles. The Bertz CT molecular complexity index is 1530. The van der Waals surface area contributed by atoms with Gasteiger partial charge in [-0.3, -0.25) is 14.1 Å². The van der Waals surface area contributed by atoms with Crippen LogP contribution in [-0.4, -0.2) is 37.1 Å². The molecule has 0 radical (unpaired) electrons. The van der Waals surface area contributed by atoms with Gasteiger partial charge in [-0.15, -0.1) is 0 Å². The summed E-state index contributed by atoms with van der Waals surface area (Å²) in [4.78, 5) is 26.0. The molecule has 3 rings (SSSR count). The smallest absolute Gasteiger partial charge is 0.266 e. The molecule has 218 valence electrons. The molecule has 7 nitrogen and oxygen atoms in total. The summed E-state index contributed by atoms with van der Waals surface area (Å²) in [6.07, 6.45) is 4.56. The van der Waals surface area contributed by atoms with Crippen LogP contribution in [0.3, 0.4) is 0 Å². The maximum absolute atomic E-state index is 13.7. The van der Waals surface area contributed by atoms with E-state index in [1.807, 2.05) is 36.4 Å². The molecular weight excluding hydrogens is 790 g/mol. The number of hydrogen-bond acceptors (Lipinski definition) is 4. The van der Waals surface area contributed by atoms with Crippen LogP contribution in [0.15, 0.2) is 66.7 Å². The summed E-state index contributed by atoms with van der Waals surface area (Å²) < 4.78 is 32.6. The van der Waals surface area contributed by atoms with Crippen molar-refractivity contribution in [3.8, 4) is 0 Å². The summed E-state index contributed by atoms with van der Waals surface area (Å²) in [5, 5.41) is 5.91. The van der Waals surface area contributed by atoms with Gasteiger partial charge in [-0.05, 0) is 98.0 Å². The molecule has 0 aliphatic heterocycles. The minimum absolute atomic E-state index is 0.0466. The van der Waals surface area contributed by atoms with Crippen LogP contribution in [0.1, 0.15) is 53.7 Å². The van der Waals surface area contributed by atoms with Crippen LogP contribution in [0.2, 0.25) is 5.02 Å². The van der Waals surface area contributed by atoms with Crippen molar-refractivity contribution < 1.29 is 22.6 Å². The molecule has 0 aliphatic rings. The highest BCUT2D eigenvalue weighted by Crippen LogP contribution is 2.31. The molecule has 3 N–H and O–H groups in total. The van der Waals surface area contributed by atoms with E-state index in [1.54, 1.807) is 24.3 Å². The molecule has 3 aromatic rings. The first-order valence-corrected chi connectivity index (χ1v) is 16.8. The van der Waals surface area contributed by atoms with Gasteiger partial charge in [0.1, 0.15) is 0 Å². The standard InChI is InChI=1S/C30H31ClI2N2O5S/c1-30(2,3)13-12-19-4-8-21(9-5-19)23(29(37)35-27-18-26(33)25(32)17-24(27)31)16-20-6-10-22(11-7-20)28(36)34-14-15-41(38,39)40/h4-13,17-18,23H,14-16H2,1-3H3,(H,34,36)(H,35,37)(H,38,39,40)/b13-12+. The number of allylic oxidation sites excluding steroid dienone is 1. The topological polar surface area (TPSA) is 113 Å². The van der Waals surface area contributed by atoms with E-state index in [0.29, 0.717) is 22.7 Å². The molecule has 1 atom stereocenters. The van der Waals surface area contributed by atoms with Crippen LogP contribution in [-0.2, 0) is 21.3 Å². The fourth-order valence-corrected chi connectivity index (χ4v) is 5.50. The van der Waals surface area contributed by atoms with Crippen LogP contribution in [0, 0.1) is 12.6 Å². The van der Waals surface area contributed by atoms with Gasteiger partial charge in [-0.2, -0.15) is 8.42 Å². The van der Waals surface area contributed by atoms with Crippen molar-refractivity contribution in [2.75, 3.05) is 17.6 Å². The van der Waals surface area contributed by atoms with Gasteiger partial charge in [-0.25, -0.2) is 0 Å². The highest BCUT2D eigenvalue weighted by atomic mass is 127. The fraction of sp³-hybridized carbons (Fsp3) is 0.267. The van der Waals surface area contributed by atoms with Crippen molar-refractivity contribution in [3.63, 3.8) is 0 Å². The van der Waals surface area contributed by atoms with E-state index in [4.69, 9.17) is 16.2 Å². The molecule has 2 amide bonds. The zero-order valence-electron chi connectivity index (χ0n) is 22.7. The van der Waals surface area contributed by atoms with Crippen LogP contribution in [0.5, 0.6) is 0 Å². The largest absolute Gasteiger partial charge is 0.351 e. The van der Waals surface area contributed by atoms with Crippen LogP contribution >= 0.6 is 56.8 Å². The summed E-state index contributed by atoms with van der Waals surface area (Å²) in [5.41, 5.74) is 3.61. The Balaban J connectivity index is 1.84. The van der Waals surface area contributed by atoms with Crippen molar-refractivity contribution in [3.05, 3.63) is 101 Å². The molecule has 0 fully saturated rings. The maximum atomic E-state index is 13.7. The Kier molecular flexibility index (Phi) is 11.8. The predicted octanol–water partition coefficient (Wildman–Crippen LogP) is 7.19. The summed E-state index contributed by atoms with van der Waals surface area (Å²) >= 11 is 10.8. The monoisotopic (exact) mass is 820 g/mol. The van der Waals surface area contributed by atoms with Crippen molar-refractivity contribution in [1.82, 2.24) is 5.32 Å². The van der Waals surface area contributed by atoms with E-state index in [9.17, 15) is 18.0 Å². The number of anilines is 1. The highest BCUT2D eigenvalue weighted by Gasteiger charge is 2.23. The average Bonchev–Trinajstić information content (AvgIpc) is 2.88.